The van der Waals surface area contributed by atoms with Crippen molar-refractivity contribution in [3.05, 3.63) is 72.0 Å². The first-order chi connectivity index (χ1) is 21.9. The molecule has 0 saturated carbocycles. The van der Waals surface area contributed by atoms with Gasteiger partial charge in [-0.2, -0.15) is 40.2 Å². The summed E-state index contributed by atoms with van der Waals surface area (Å²) in [5.41, 5.74) is 5.72. The zero-order valence-electron chi connectivity index (χ0n) is 23.0. The Morgan fingerprint density at radius 3 is 1.85 bits per heavy atom. The Morgan fingerprint density at radius 1 is 0.660 bits per heavy atom. The summed E-state index contributed by atoms with van der Waals surface area (Å²) in [4.78, 5) is 10.2. The molecule has 0 amide bonds. The van der Waals surface area contributed by atoms with Crippen LogP contribution in [-0.4, -0.2) is 59.0 Å². The first kappa shape index (κ1) is 33.3. The number of nitrogens with two attached hydrogens (primary N) is 1. The number of nitrogen functional groups attached to an aromatic ring is 1. The number of azo groups is 1. The molecule has 0 bridgehead atoms. The lowest BCUT2D eigenvalue weighted by atomic mass is 10.1. The maximum absolute atomic E-state index is 12.3. The summed E-state index contributed by atoms with van der Waals surface area (Å²) in [5.74, 6) is -0.813. The number of rotatable bonds is 9. The van der Waals surface area contributed by atoms with Crippen LogP contribution in [0.5, 0.6) is 5.75 Å². The molecule has 22 heteroatoms. The van der Waals surface area contributed by atoms with E-state index in [-0.39, 0.29) is 55.6 Å². The Hall–Kier alpha value is -5.03. The van der Waals surface area contributed by atoms with Crippen LogP contribution in [0.3, 0.4) is 0 Å². The van der Waals surface area contributed by atoms with E-state index < -0.39 is 45.9 Å². The molecule has 1 aromatic heterocycles. The number of phenolic OH excluding ortho intramolecular Hbond substituents is 1. The zero-order chi connectivity index (χ0) is 34.3. The number of phenols is 1. The lowest BCUT2D eigenvalue weighted by Gasteiger charge is -2.11. The Bertz CT molecular complexity index is 2430. The number of fused-ring (bicyclic) bond motifs is 1. The Kier molecular flexibility index (Phi) is 8.72. The number of aromatic hydroxyl groups is 1. The van der Waals surface area contributed by atoms with Gasteiger partial charge in [0.2, 0.25) is 17.2 Å². The van der Waals surface area contributed by atoms with Crippen molar-refractivity contribution in [3.8, 4) is 5.75 Å². The molecule has 0 unspecified atom stereocenters. The van der Waals surface area contributed by atoms with Gasteiger partial charge in [0.25, 0.3) is 30.4 Å². The Balaban J connectivity index is 1.47. The lowest BCUT2D eigenvalue weighted by Crippen LogP contribution is -2.05. The predicted octanol–water partition coefficient (Wildman–Crippen LogP) is 4.61. The molecule has 0 aliphatic heterocycles. The number of nitrogens with zero attached hydrogens (tertiary/aromatic N) is 5. The molecule has 4 aromatic carbocycles. The third-order valence-electron chi connectivity index (χ3n) is 6.16. The molecule has 244 valence electrons. The molecule has 18 nitrogen and oxygen atoms in total. The molecule has 5 rings (SSSR count). The van der Waals surface area contributed by atoms with Crippen molar-refractivity contribution in [1.82, 2.24) is 15.0 Å². The summed E-state index contributed by atoms with van der Waals surface area (Å²) in [7, 11) is -14.1. The molecular weight excluding hydrogens is 704 g/mol. The number of halogens is 1. The molecule has 0 saturated heterocycles. The van der Waals surface area contributed by atoms with Gasteiger partial charge in [-0.05, 0) is 72.3 Å². The SMILES string of the molecule is Nc1ccc2c(O)cc(S(=O)(=O)O)cc2c1N=Nc1ccc(Nc2nc(Cl)nc(Nc3ccc(S(=O)(=O)O)cc3)n2)cc1S(=O)(=O)O. The van der Waals surface area contributed by atoms with Crippen LogP contribution in [-0.2, 0) is 30.4 Å². The van der Waals surface area contributed by atoms with Crippen LogP contribution < -0.4 is 16.4 Å². The fraction of sp³-hybridized carbons (Fsp3) is 0. The van der Waals surface area contributed by atoms with Gasteiger partial charge in [0, 0.05) is 28.2 Å². The molecule has 0 fully saturated rings. The molecule has 0 radical (unpaired) electrons. The van der Waals surface area contributed by atoms with Crippen LogP contribution in [0.2, 0.25) is 5.28 Å². The number of benzene rings is 4. The highest BCUT2D eigenvalue weighted by molar-refractivity contribution is 7.86. The monoisotopic (exact) mass is 722 g/mol. The Labute approximate surface area is 270 Å². The fourth-order valence-electron chi connectivity index (χ4n) is 4.07. The molecular formula is C25H19ClN8O10S3. The second kappa shape index (κ2) is 12.3. The fourth-order valence-corrected chi connectivity index (χ4v) is 5.88. The van der Waals surface area contributed by atoms with Gasteiger partial charge in [-0.3, -0.25) is 13.7 Å². The second-order valence-electron chi connectivity index (χ2n) is 9.37. The van der Waals surface area contributed by atoms with Gasteiger partial charge in [0.1, 0.15) is 22.0 Å². The van der Waals surface area contributed by atoms with Gasteiger partial charge in [0.15, 0.2) is 0 Å². The average molecular weight is 723 g/mol. The molecule has 47 heavy (non-hydrogen) atoms. The average Bonchev–Trinajstić information content (AvgIpc) is 2.95. The predicted molar refractivity (Wildman–Crippen MR) is 168 cm³/mol. The smallest absolute Gasteiger partial charge is 0.296 e. The highest BCUT2D eigenvalue weighted by atomic mass is 35.5. The molecule has 5 aromatic rings. The van der Waals surface area contributed by atoms with Crippen molar-refractivity contribution in [2.24, 2.45) is 10.2 Å². The van der Waals surface area contributed by atoms with Crippen molar-refractivity contribution < 1.29 is 44.0 Å². The van der Waals surface area contributed by atoms with E-state index in [4.69, 9.17) is 21.9 Å². The van der Waals surface area contributed by atoms with E-state index in [0.29, 0.717) is 5.69 Å². The minimum Gasteiger partial charge on any atom is -0.507 e. The number of aromatic nitrogens is 3. The van der Waals surface area contributed by atoms with E-state index >= 15 is 0 Å². The quantitative estimate of drug-likeness (QED) is 0.0620. The van der Waals surface area contributed by atoms with Crippen LogP contribution in [0.15, 0.2) is 91.6 Å². The van der Waals surface area contributed by atoms with Gasteiger partial charge >= 0.3 is 0 Å². The minimum absolute atomic E-state index is 0.0229. The zero-order valence-corrected chi connectivity index (χ0v) is 26.2. The lowest BCUT2D eigenvalue weighted by molar-refractivity contribution is 0.471. The maximum Gasteiger partial charge on any atom is 0.296 e. The topological polar surface area (TPSA) is 297 Å². The van der Waals surface area contributed by atoms with Crippen molar-refractivity contribution in [1.29, 1.82) is 0 Å². The number of nitrogens with one attached hydrogen (secondary N) is 2. The van der Waals surface area contributed by atoms with E-state index in [2.05, 4.69) is 35.8 Å². The third-order valence-corrected chi connectivity index (χ3v) is 8.91. The van der Waals surface area contributed by atoms with E-state index in [1.807, 2.05) is 0 Å². The summed E-state index contributed by atoms with van der Waals surface area (Å²) in [6.45, 7) is 0. The van der Waals surface area contributed by atoms with Crippen molar-refractivity contribution in [3.63, 3.8) is 0 Å². The largest absolute Gasteiger partial charge is 0.507 e. The first-order valence-electron chi connectivity index (χ1n) is 12.5. The maximum atomic E-state index is 12.3. The van der Waals surface area contributed by atoms with Gasteiger partial charge < -0.3 is 21.5 Å². The first-order valence-corrected chi connectivity index (χ1v) is 17.2. The number of anilines is 5. The normalized spacial score (nSPS) is 12.4. The van der Waals surface area contributed by atoms with Gasteiger partial charge in [0.05, 0.1) is 15.5 Å². The second-order valence-corrected chi connectivity index (χ2v) is 13.9. The van der Waals surface area contributed by atoms with E-state index in [9.17, 15) is 39.5 Å². The van der Waals surface area contributed by atoms with Gasteiger partial charge in [-0.1, -0.05) is 0 Å². The summed E-state index contributed by atoms with van der Waals surface area (Å²) in [6, 6.07) is 12.8. The summed E-state index contributed by atoms with van der Waals surface area (Å²) in [6.07, 6.45) is 0. The summed E-state index contributed by atoms with van der Waals surface area (Å²) < 4.78 is 99.0. The Morgan fingerprint density at radius 2 is 1.26 bits per heavy atom. The van der Waals surface area contributed by atoms with Gasteiger partial charge in [-0.25, -0.2) is 0 Å². The van der Waals surface area contributed by atoms with E-state index in [1.165, 1.54) is 30.3 Å². The van der Waals surface area contributed by atoms with E-state index in [0.717, 1.165) is 36.4 Å². The molecule has 8 N–H and O–H groups in total. The molecule has 1 heterocycles. The molecule has 0 atom stereocenters. The third kappa shape index (κ3) is 7.69. The van der Waals surface area contributed by atoms with Crippen LogP contribution in [0.25, 0.3) is 10.8 Å². The molecule has 0 aliphatic carbocycles. The van der Waals surface area contributed by atoms with E-state index in [1.54, 1.807) is 0 Å². The van der Waals surface area contributed by atoms with Crippen LogP contribution in [0, 0.1) is 0 Å². The van der Waals surface area contributed by atoms with Crippen LogP contribution in [0.4, 0.5) is 40.3 Å². The summed E-state index contributed by atoms with van der Waals surface area (Å²) in [5, 5.41) is 23.3. The van der Waals surface area contributed by atoms with Crippen LogP contribution in [0.1, 0.15) is 0 Å². The van der Waals surface area contributed by atoms with Gasteiger partial charge in [-0.15, -0.1) is 10.2 Å². The molecule has 0 aliphatic rings. The highest BCUT2D eigenvalue weighted by Gasteiger charge is 2.20. The minimum atomic E-state index is -4.94. The number of hydrogen-bond acceptors (Lipinski definition) is 15. The van der Waals surface area contributed by atoms with Crippen molar-refractivity contribution >= 4 is 93.1 Å². The number of hydrogen-bond donors (Lipinski definition) is 7. The molecule has 0 spiro atoms. The highest BCUT2D eigenvalue weighted by Crippen LogP contribution is 2.40. The standard InChI is InChI=1S/C25H19ClN8O10S3/c26-23-30-24(28-12-1-4-14(5-2-12)45(36,37)38)32-25(31-23)29-13-3-8-19(21(9-13)47(42,43)44)33-34-22-17-10-15(46(39,40)41)11-20(35)16(17)6-7-18(22)27/h1-11,35H,27H2,(H,36,37,38)(H,39,40,41)(H,42,43,44)(H2,28,29,30,31,32). The van der Waals surface area contributed by atoms with Crippen LogP contribution >= 0.6 is 11.6 Å². The van der Waals surface area contributed by atoms with Crippen molar-refractivity contribution in [2.75, 3.05) is 16.4 Å². The summed E-state index contributed by atoms with van der Waals surface area (Å²) >= 11 is 6.00. The van der Waals surface area contributed by atoms with Crippen molar-refractivity contribution in [2.45, 2.75) is 14.7 Å².